The number of hydrogen-bond acceptors (Lipinski definition) is 4. The van der Waals surface area contributed by atoms with Gasteiger partial charge in [-0.05, 0) is 30.2 Å². The number of nitrogens with zero attached hydrogens (tertiary/aromatic N) is 1. The summed E-state index contributed by atoms with van der Waals surface area (Å²) in [6.45, 7) is 0.819. The predicted molar refractivity (Wildman–Crippen MR) is 79.3 cm³/mol. The van der Waals surface area contributed by atoms with Gasteiger partial charge in [0.25, 0.3) is 0 Å². The third-order valence-electron chi connectivity index (χ3n) is 2.79. The molecular weight excluding hydrogens is 322 g/mol. The highest BCUT2D eigenvalue weighted by Crippen LogP contribution is 2.30. The first kappa shape index (κ1) is 16.2. The maximum atomic E-state index is 12.6. The standard InChI is InChI=1S/C13H13ClF2N2O2S/c1-8-2-3-9(5-20-7-13(14,15)16)10(4-8)18-11(19)6-21-12(18)17/h2-4,17H,5-7H2,1H3. The van der Waals surface area contributed by atoms with Crippen molar-refractivity contribution in [2.45, 2.75) is 18.9 Å². The van der Waals surface area contributed by atoms with Crippen LogP contribution in [0.3, 0.4) is 0 Å². The zero-order valence-electron chi connectivity index (χ0n) is 11.2. The molecule has 1 saturated heterocycles. The number of carbonyl (C=O) groups excluding carboxylic acids is 1. The Morgan fingerprint density at radius 2 is 2.24 bits per heavy atom. The van der Waals surface area contributed by atoms with Gasteiger partial charge < -0.3 is 4.74 Å². The van der Waals surface area contributed by atoms with Crippen molar-refractivity contribution in [1.82, 2.24) is 0 Å². The lowest BCUT2D eigenvalue weighted by molar-refractivity contribution is -0.115. The highest BCUT2D eigenvalue weighted by Gasteiger charge is 2.30. The second-order valence-electron chi connectivity index (χ2n) is 4.56. The summed E-state index contributed by atoms with van der Waals surface area (Å²) < 4.78 is 30.0. The number of ether oxygens (including phenoxy) is 1. The van der Waals surface area contributed by atoms with E-state index in [1.807, 2.05) is 6.92 Å². The number of hydrogen-bond donors (Lipinski definition) is 1. The molecule has 1 fully saturated rings. The number of alkyl halides is 3. The fourth-order valence-corrected chi connectivity index (χ4v) is 2.69. The minimum atomic E-state index is -3.42. The molecule has 21 heavy (non-hydrogen) atoms. The molecular formula is C13H13ClF2N2O2S. The van der Waals surface area contributed by atoms with E-state index in [4.69, 9.17) is 21.7 Å². The molecule has 114 valence electrons. The summed E-state index contributed by atoms with van der Waals surface area (Å²) in [5.41, 5.74) is 1.95. The van der Waals surface area contributed by atoms with Gasteiger partial charge in [0.1, 0.15) is 6.61 Å². The van der Waals surface area contributed by atoms with Crippen molar-refractivity contribution in [2.75, 3.05) is 17.3 Å². The molecule has 4 nitrogen and oxygen atoms in total. The number of thioether (sulfide) groups is 1. The van der Waals surface area contributed by atoms with Gasteiger partial charge in [-0.25, -0.2) is 0 Å². The molecule has 8 heteroatoms. The molecule has 1 aromatic carbocycles. The van der Waals surface area contributed by atoms with Crippen LogP contribution in [0.5, 0.6) is 0 Å². The Labute approximate surface area is 129 Å². The van der Waals surface area contributed by atoms with Crippen LogP contribution in [0.4, 0.5) is 14.5 Å². The fraction of sp³-hybridized carbons (Fsp3) is 0.385. The average molecular weight is 335 g/mol. The maximum absolute atomic E-state index is 12.6. The molecule has 0 unspecified atom stereocenters. The van der Waals surface area contributed by atoms with E-state index in [9.17, 15) is 13.6 Å². The minimum Gasteiger partial charge on any atom is -0.369 e. The van der Waals surface area contributed by atoms with Gasteiger partial charge >= 0.3 is 5.38 Å². The van der Waals surface area contributed by atoms with Crippen LogP contribution in [0.1, 0.15) is 11.1 Å². The topological polar surface area (TPSA) is 53.4 Å². The molecule has 0 aromatic heterocycles. The van der Waals surface area contributed by atoms with Crippen molar-refractivity contribution in [1.29, 1.82) is 5.41 Å². The molecule has 0 saturated carbocycles. The highest BCUT2D eigenvalue weighted by atomic mass is 35.5. The van der Waals surface area contributed by atoms with Crippen molar-refractivity contribution in [3.8, 4) is 0 Å². The van der Waals surface area contributed by atoms with Gasteiger partial charge in [-0.3, -0.25) is 15.1 Å². The zero-order chi connectivity index (χ0) is 15.6. The smallest absolute Gasteiger partial charge is 0.344 e. The molecule has 0 atom stereocenters. The average Bonchev–Trinajstić information content (AvgIpc) is 2.69. The maximum Gasteiger partial charge on any atom is 0.344 e. The van der Waals surface area contributed by atoms with E-state index in [-0.39, 0.29) is 23.4 Å². The second-order valence-corrected chi connectivity index (χ2v) is 6.08. The second kappa shape index (κ2) is 6.29. The first-order valence-corrected chi connectivity index (χ1v) is 7.42. The summed E-state index contributed by atoms with van der Waals surface area (Å²) in [7, 11) is 0. The number of benzene rings is 1. The largest absolute Gasteiger partial charge is 0.369 e. The lowest BCUT2D eigenvalue weighted by atomic mass is 10.1. The van der Waals surface area contributed by atoms with Crippen LogP contribution < -0.4 is 4.90 Å². The summed E-state index contributed by atoms with van der Waals surface area (Å²) in [6, 6.07) is 5.22. The van der Waals surface area contributed by atoms with Gasteiger partial charge in [0, 0.05) is 5.56 Å². The molecule has 1 heterocycles. The van der Waals surface area contributed by atoms with Crippen molar-refractivity contribution < 1.29 is 18.3 Å². The molecule has 1 aromatic rings. The zero-order valence-corrected chi connectivity index (χ0v) is 12.7. The number of rotatable bonds is 5. The van der Waals surface area contributed by atoms with Crippen LogP contribution in [0, 0.1) is 12.3 Å². The van der Waals surface area contributed by atoms with Gasteiger partial charge in [-0.15, -0.1) is 0 Å². The molecule has 0 radical (unpaired) electrons. The van der Waals surface area contributed by atoms with Crippen molar-refractivity contribution in [2.24, 2.45) is 0 Å². The Bertz CT molecular complexity index is 562. The molecule has 2 rings (SSSR count). The van der Waals surface area contributed by atoms with Crippen molar-refractivity contribution >= 4 is 40.1 Å². The SMILES string of the molecule is Cc1ccc(COCC(F)(F)Cl)c(N2C(=N)SCC2=O)c1. The minimum absolute atomic E-state index is 0.111. The van der Waals surface area contributed by atoms with Gasteiger partial charge in [-0.2, -0.15) is 8.78 Å². The Hall–Kier alpha value is -1.18. The molecule has 0 aliphatic carbocycles. The van der Waals surface area contributed by atoms with E-state index in [1.165, 1.54) is 4.90 Å². The highest BCUT2D eigenvalue weighted by molar-refractivity contribution is 8.15. The van der Waals surface area contributed by atoms with Crippen LogP contribution in [-0.4, -0.2) is 28.8 Å². The first-order valence-electron chi connectivity index (χ1n) is 6.06. The van der Waals surface area contributed by atoms with Crippen LogP contribution in [-0.2, 0) is 16.1 Å². The molecule has 1 N–H and O–H groups in total. The molecule has 1 aliphatic rings. The molecule has 1 aliphatic heterocycles. The number of anilines is 1. The Morgan fingerprint density at radius 1 is 1.52 bits per heavy atom. The van der Waals surface area contributed by atoms with E-state index in [2.05, 4.69) is 0 Å². The van der Waals surface area contributed by atoms with E-state index in [0.717, 1.165) is 17.3 Å². The molecule has 0 spiro atoms. The molecule has 1 amide bonds. The monoisotopic (exact) mass is 334 g/mol. The fourth-order valence-electron chi connectivity index (χ4n) is 1.90. The predicted octanol–water partition coefficient (Wildman–Crippen LogP) is 3.36. The van der Waals surface area contributed by atoms with E-state index in [0.29, 0.717) is 11.3 Å². The van der Waals surface area contributed by atoms with Crippen LogP contribution in [0.2, 0.25) is 0 Å². The van der Waals surface area contributed by atoms with Crippen molar-refractivity contribution in [3.05, 3.63) is 29.3 Å². The van der Waals surface area contributed by atoms with Crippen LogP contribution in [0.15, 0.2) is 18.2 Å². The van der Waals surface area contributed by atoms with Gasteiger partial charge in [0.2, 0.25) is 5.91 Å². The number of aryl methyl sites for hydroxylation is 1. The third kappa shape index (κ3) is 4.15. The number of amides is 1. The van der Waals surface area contributed by atoms with Crippen molar-refractivity contribution in [3.63, 3.8) is 0 Å². The number of nitrogens with one attached hydrogen (secondary N) is 1. The summed E-state index contributed by atoms with van der Waals surface area (Å²) >= 11 is 5.91. The number of halogens is 3. The summed E-state index contributed by atoms with van der Waals surface area (Å²) in [5.74, 6) is -0.00756. The normalized spacial score (nSPS) is 15.9. The summed E-state index contributed by atoms with van der Waals surface area (Å²) in [6.07, 6.45) is 0. The van der Waals surface area contributed by atoms with Crippen LogP contribution >= 0.6 is 23.4 Å². The Kier molecular flexibility index (Phi) is 4.85. The van der Waals surface area contributed by atoms with E-state index in [1.54, 1.807) is 18.2 Å². The quantitative estimate of drug-likeness (QED) is 0.840. The van der Waals surface area contributed by atoms with E-state index >= 15 is 0 Å². The third-order valence-corrected chi connectivity index (χ3v) is 3.75. The van der Waals surface area contributed by atoms with Gasteiger partial charge in [0.15, 0.2) is 5.17 Å². The lowest BCUT2D eigenvalue weighted by Crippen LogP contribution is -2.30. The van der Waals surface area contributed by atoms with Crippen LogP contribution in [0.25, 0.3) is 0 Å². The first-order chi connectivity index (χ1) is 9.78. The summed E-state index contributed by atoms with van der Waals surface area (Å²) in [4.78, 5) is 13.1. The number of carbonyl (C=O) groups is 1. The van der Waals surface area contributed by atoms with Gasteiger partial charge in [-0.1, -0.05) is 23.9 Å². The summed E-state index contributed by atoms with van der Waals surface area (Å²) in [5, 5.41) is 4.50. The lowest BCUT2D eigenvalue weighted by Gasteiger charge is -2.20. The Balaban J connectivity index is 2.22. The van der Waals surface area contributed by atoms with E-state index < -0.39 is 12.0 Å². The molecule has 0 bridgehead atoms. The number of amidine groups is 1. The Morgan fingerprint density at radius 3 is 2.81 bits per heavy atom. The van der Waals surface area contributed by atoms with Gasteiger partial charge in [0.05, 0.1) is 18.0 Å².